The second-order valence-corrected chi connectivity index (χ2v) is 5.89. The summed E-state index contributed by atoms with van der Waals surface area (Å²) in [6, 6.07) is 7.98. The molecule has 0 saturated heterocycles. The molecule has 0 aliphatic rings. The predicted octanol–water partition coefficient (Wildman–Crippen LogP) is 3.44. The van der Waals surface area contributed by atoms with E-state index < -0.39 is 17.5 Å². The Morgan fingerprint density at radius 1 is 1.11 bits per heavy atom. The monoisotopic (exact) mass is 367 g/mol. The van der Waals surface area contributed by atoms with Crippen LogP contribution in [0, 0.1) is 13.8 Å². The lowest BCUT2D eigenvalue weighted by molar-refractivity contribution is -0.111. The van der Waals surface area contributed by atoms with E-state index in [1.54, 1.807) is 25.1 Å². The fourth-order valence-corrected chi connectivity index (χ4v) is 2.64. The molecule has 0 atom stereocenters. The summed E-state index contributed by atoms with van der Waals surface area (Å²) >= 11 is 0. The van der Waals surface area contributed by atoms with Crippen molar-refractivity contribution >= 4 is 34.6 Å². The number of ether oxygens (including phenoxy) is 1. The van der Waals surface area contributed by atoms with Crippen molar-refractivity contribution < 1.29 is 23.2 Å². The van der Waals surface area contributed by atoms with E-state index in [-0.39, 0.29) is 0 Å². The highest BCUT2D eigenvalue weighted by Crippen LogP contribution is 2.21. The summed E-state index contributed by atoms with van der Waals surface area (Å²) in [6.45, 7) is 3.45. The third-order valence-corrected chi connectivity index (χ3v) is 3.96. The lowest BCUT2D eigenvalue weighted by Gasteiger charge is -2.05. The molecule has 3 rings (SSSR count). The molecule has 2 heterocycles. The van der Waals surface area contributed by atoms with Gasteiger partial charge in [0.2, 0.25) is 5.91 Å². The topological polar surface area (TPSA) is 98.8 Å². The zero-order chi connectivity index (χ0) is 19.6. The summed E-state index contributed by atoms with van der Waals surface area (Å²) in [5.74, 6) is -0.156. The molecule has 1 N–H and O–H groups in total. The third kappa shape index (κ3) is 3.98. The maximum Gasteiger partial charge on any atom is 0.341 e. The van der Waals surface area contributed by atoms with E-state index >= 15 is 0 Å². The molecule has 7 nitrogen and oxygen atoms in total. The summed E-state index contributed by atoms with van der Waals surface area (Å²) in [5.41, 5.74) is 1.53. The Labute approximate surface area is 154 Å². The largest absolute Gasteiger partial charge is 0.465 e. The smallest absolute Gasteiger partial charge is 0.341 e. The number of anilines is 1. The summed E-state index contributed by atoms with van der Waals surface area (Å²) in [4.78, 5) is 35.2. The van der Waals surface area contributed by atoms with Gasteiger partial charge in [-0.3, -0.25) is 4.79 Å². The number of nitrogens with one attached hydrogen (secondary N) is 1. The van der Waals surface area contributed by atoms with Gasteiger partial charge in [-0.05, 0) is 43.7 Å². The van der Waals surface area contributed by atoms with Gasteiger partial charge in [-0.15, -0.1) is 0 Å². The average Bonchev–Trinajstić information content (AvgIpc) is 2.99. The van der Waals surface area contributed by atoms with Crippen LogP contribution in [0.4, 0.5) is 5.69 Å². The fourth-order valence-electron chi connectivity index (χ4n) is 2.64. The average molecular weight is 367 g/mol. The second kappa shape index (κ2) is 7.33. The lowest BCUT2D eigenvalue weighted by atomic mass is 10.1. The highest BCUT2D eigenvalue weighted by Gasteiger charge is 2.14. The number of amides is 1. The van der Waals surface area contributed by atoms with Crippen molar-refractivity contribution in [3.63, 3.8) is 0 Å². The normalized spacial score (nSPS) is 11.1. The van der Waals surface area contributed by atoms with Gasteiger partial charge in [0.1, 0.15) is 22.7 Å². The van der Waals surface area contributed by atoms with Gasteiger partial charge >= 0.3 is 11.6 Å². The van der Waals surface area contributed by atoms with Crippen LogP contribution in [-0.2, 0) is 9.53 Å². The van der Waals surface area contributed by atoms with E-state index in [1.165, 1.54) is 31.4 Å². The van der Waals surface area contributed by atoms with Crippen LogP contribution in [0.25, 0.3) is 17.0 Å². The van der Waals surface area contributed by atoms with Crippen molar-refractivity contribution in [3.8, 4) is 0 Å². The number of hydrogen-bond donors (Lipinski definition) is 1. The molecule has 0 spiro atoms. The molecule has 3 aromatic rings. The molecule has 2 aromatic heterocycles. The molecule has 138 valence electrons. The first-order valence-electron chi connectivity index (χ1n) is 8.09. The standard InChI is InChI=1S/C20H17NO6/c1-11-8-19(23)27-17-9-13(4-6-15(11)17)21-18(22)7-5-14-10-16(12(2)26-14)20(24)25-3/h4-10H,1-3H3,(H,21,22)/b7-5+. The van der Waals surface area contributed by atoms with Crippen molar-refractivity contribution in [3.05, 3.63) is 69.5 Å². The molecule has 0 unspecified atom stereocenters. The number of methoxy groups -OCH3 is 1. The molecule has 0 fully saturated rings. The number of benzene rings is 1. The highest BCUT2D eigenvalue weighted by atomic mass is 16.5. The van der Waals surface area contributed by atoms with Crippen LogP contribution in [0.2, 0.25) is 0 Å². The molecule has 7 heteroatoms. The van der Waals surface area contributed by atoms with Gasteiger partial charge in [0.25, 0.3) is 0 Å². The van der Waals surface area contributed by atoms with Crippen molar-refractivity contribution in [2.45, 2.75) is 13.8 Å². The molecular formula is C20H17NO6. The zero-order valence-corrected chi connectivity index (χ0v) is 15.0. The number of hydrogen-bond acceptors (Lipinski definition) is 6. The number of aryl methyl sites for hydroxylation is 2. The van der Waals surface area contributed by atoms with Gasteiger partial charge in [0.15, 0.2) is 0 Å². The van der Waals surface area contributed by atoms with Crippen LogP contribution in [0.5, 0.6) is 0 Å². The first-order chi connectivity index (χ1) is 12.9. The quantitative estimate of drug-likeness (QED) is 0.431. The van der Waals surface area contributed by atoms with Gasteiger partial charge in [-0.25, -0.2) is 9.59 Å². The lowest BCUT2D eigenvalue weighted by Crippen LogP contribution is -2.08. The summed E-state index contributed by atoms with van der Waals surface area (Å²) in [6.07, 6.45) is 2.72. The molecule has 1 aromatic carbocycles. The third-order valence-electron chi connectivity index (χ3n) is 3.96. The minimum absolute atomic E-state index is 0.303. The van der Waals surface area contributed by atoms with E-state index in [4.69, 9.17) is 8.83 Å². The molecular weight excluding hydrogens is 350 g/mol. The van der Waals surface area contributed by atoms with Crippen LogP contribution in [0.15, 0.2) is 50.0 Å². The minimum atomic E-state index is -0.506. The number of fused-ring (bicyclic) bond motifs is 1. The van der Waals surface area contributed by atoms with Gasteiger partial charge in [0.05, 0.1) is 7.11 Å². The van der Waals surface area contributed by atoms with Gasteiger partial charge in [-0.1, -0.05) is 0 Å². The first-order valence-corrected chi connectivity index (χ1v) is 8.09. The minimum Gasteiger partial charge on any atom is -0.465 e. The van der Waals surface area contributed by atoms with E-state index in [2.05, 4.69) is 10.1 Å². The van der Waals surface area contributed by atoms with Crippen molar-refractivity contribution in [1.82, 2.24) is 0 Å². The molecule has 27 heavy (non-hydrogen) atoms. The Bertz CT molecular complexity index is 1120. The Balaban J connectivity index is 1.76. The molecule has 0 aliphatic carbocycles. The van der Waals surface area contributed by atoms with E-state index in [9.17, 15) is 14.4 Å². The van der Waals surface area contributed by atoms with Crippen LogP contribution in [0.3, 0.4) is 0 Å². The fraction of sp³-hybridized carbons (Fsp3) is 0.150. The number of carbonyl (C=O) groups is 2. The van der Waals surface area contributed by atoms with Crippen molar-refractivity contribution in [1.29, 1.82) is 0 Å². The van der Waals surface area contributed by atoms with Crippen LogP contribution in [-0.4, -0.2) is 19.0 Å². The Morgan fingerprint density at radius 2 is 1.89 bits per heavy atom. The van der Waals surface area contributed by atoms with Gasteiger partial charge in [0, 0.05) is 29.3 Å². The number of esters is 1. The number of furan rings is 1. The molecule has 0 bridgehead atoms. The first kappa shape index (κ1) is 18.2. The Morgan fingerprint density at radius 3 is 2.63 bits per heavy atom. The Kier molecular flexibility index (Phi) is 4.94. The summed E-state index contributed by atoms with van der Waals surface area (Å²) in [7, 11) is 1.28. The van der Waals surface area contributed by atoms with E-state index in [0.29, 0.717) is 28.4 Å². The Hall–Kier alpha value is -3.61. The van der Waals surface area contributed by atoms with Crippen molar-refractivity contribution in [2.24, 2.45) is 0 Å². The predicted molar refractivity (Wildman–Crippen MR) is 99.7 cm³/mol. The summed E-state index contributed by atoms with van der Waals surface area (Å²) in [5, 5.41) is 3.47. The summed E-state index contributed by atoms with van der Waals surface area (Å²) < 4.78 is 15.2. The van der Waals surface area contributed by atoms with Gasteiger partial charge in [-0.2, -0.15) is 0 Å². The number of rotatable bonds is 4. The molecule has 0 saturated carbocycles. The number of carbonyl (C=O) groups excluding carboxylic acids is 2. The van der Waals surface area contributed by atoms with Crippen LogP contribution in [0.1, 0.15) is 27.4 Å². The maximum absolute atomic E-state index is 12.1. The van der Waals surface area contributed by atoms with Crippen LogP contribution < -0.4 is 10.9 Å². The van der Waals surface area contributed by atoms with Gasteiger partial charge < -0.3 is 18.9 Å². The molecule has 0 radical (unpaired) electrons. The SMILES string of the molecule is COC(=O)c1cc(/C=C/C(=O)Nc2ccc3c(C)cc(=O)oc3c2)oc1C. The van der Waals surface area contributed by atoms with E-state index in [1.807, 2.05) is 6.92 Å². The molecule has 1 amide bonds. The highest BCUT2D eigenvalue weighted by molar-refractivity contribution is 6.03. The maximum atomic E-state index is 12.1. The second-order valence-electron chi connectivity index (χ2n) is 5.89. The van der Waals surface area contributed by atoms with Crippen molar-refractivity contribution in [2.75, 3.05) is 12.4 Å². The van der Waals surface area contributed by atoms with E-state index in [0.717, 1.165) is 10.9 Å². The van der Waals surface area contributed by atoms with Crippen LogP contribution >= 0.6 is 0 Å². The zero-order valence-electron chi connectivity index (χ0n) is 15.0. The molecule has 0 aliphatic heterocycles.